The average molecular weight is 330 g/mol. The van der Waals surface area contributed by atoms with Crippen LogP contribution in [0.25, 0.3) is 28.3 Å². The molecule has 0 aliphatic carbocycles. The molecule has 1 N–H and O–H groups in total. The zero-order chi connectivity index (χ0) is 17.2. The van der Waals surface area contributed by atoms with Crippen LogP contribution in [-0.4, -0.2) is 30.7 Å². The van der Waals surface area contributed by atoms with Crippen LogP contribution >= 0.6 is 0 Å². The minimum absolute atomic E-state index is 0.0984. The molecular weight excluding hydrogens is 316 g/mol. The summed E-state index contributed by atoms with van der Waals surface area (Å²) in [6.07, 6.45) is 3.42. The number of hydrogen-bond donors (Lipinski definition) is 1. The Labute approximate surface area is 143 Å². The number of fused-ring (bicyclic) bond motifs is 1. The van der Waals surface area contributed by atoms with Gasteiger partial charge in [0.1, 0.15) is 0 Å². The third kappa shape index (κ3) is 2.94. The van der Waals surface area contributed by atoms with Crippen LogP contribution in [0.1, 0.15) is 6.92 Å². The number of carbonyl (C=O) groups is 1. The van der Waals surface area contributed by atoms with Crippen molar-refractivity contribution in [3.63, 3.8) is 0 Å². The van der Waals surface area contributed by atoms with Gasteiger partial charge in [-0.25, -0.2) is 0 Å². The van der Waals surface area contributed by atoms with Gasteiger partial charge < -0.3 is 5.32 Å². The average Bonchev–Trinajstić information content (AvgIpc) is 3.06. The summed E-state index contributed by atoms with van der Waals surface area (Å²) in [6.45, 7) is 1.48. The van der Waals surface area contributed by atoms with Crippen molar-refractivity contribution in [2.45, 2.75) is 6.92 Å². The van der Waals surface area contributed by atoms with Crippen molar-refractivity contribution in [1.29, 1.82) is 0 Å². The Morgan fingerprint density at radius 3 is 2.40 bits per heavy atom. The van der Waals surface area contributed by atoms with E-state index in [1.807, 2.05) is 48.5 Å². The Morgan fingerprint density at radius 2 is 1.68 bits per heavy atom. The normalized spacial score (nSPS) is 10.8. The molecule has 122 valence electrons. The molecule has 4 aromatic rings. The number of hydrogen-bond acceptors (Lipinski definition) is 5. The molecule has 1 amide bonds. The Balaban J connectivity index is 1.75. The van der Waals surface area contributed by atoms with Crippen LogP contribution in [0, 0.1) is 0 Å². The minimum atomic E-state index is -0.0984. The lowest BCUT2D eigenvalue weighted by atomic mass is 10.1. The van der Waals surface area contributed by atoms with Gasteiger partial charge in [-0.15, -0.1) is 10.2 Å². The Hall–Kier alpha value is -3.61. The summed E-state index contributed by atoms with van der Waals surface area (Å²) in [5.74, 6) is 0.563. The molecule has 0 spiro atoms. The molecule has 0 radical (unpaired) electrons. The standard InChI is InChI=1S/C18H14N6O/c1-12(25)20-15-4-2-13(3-5-15)16-6-7-17-21-22-18(24(17)23-16)14-8-10-19-11-9-14/h2-11H,1H3,(H,20,25). The molecule has 0 fully saturated rings. The Bertz CT molecular complexity index is 1040. The van der Waals surface area contributed by atoms with Crippen LogP contribution < -0.4 is 5.32 Å². The fraction of sp³-hybridized carbons (Fsp3) is 0.0556. The first-order valence-corrected chi connectivity index (χ1v) is 7.71. The highest BCUT2D eigenvalue weighted by Gasteiger charge is 2.10. The van der Waals surface area contributed by atoms with Crippen molar-refractivity contribution >= 4 is 17.2 Å². The van der Waals surface area contributed by atoms with Crippen LogP contribution in [0.15, 0.2) is 60.9 Å². The summed E-state index contributed by atoms with van der Waals surface area (Å²) in [5.41, 5.74) is 4.04. The van der Waals surface area contributed by atoms with Crippen molar-refractivity contribution in [3.8, 4) is 22.6 Å². The quantitative estimate of drug-likeness (QED) is 0.624. The van der Waals surface area contributed by atoms with Crippen LogP contribution in [0.4, 0.5) is 5.69 Å². The predicted octanol–water partition coefficient (Wildman–Crippen LogP) is 2.81. The number of nitrogens with one attached hydrogen (secondary N) is 1. The van der Waals surface area contributed by atoms with Gasteiger partial charge in [-0.3, -0.25) is 9.78 Å². The molecule has 3 heterocycles. The van der Waals surface area contributed by atoms with Crippen molar-refractivity contribution in [2.24, 2.45) is 0 Å². The molecule has 3 aromatic heterocycles. The van der Waals surface area contributed by atoms with E-state index in [1.54, 1.807) is 16.9 Å². The fourth-order valence-electron chi connectivity index (χ4n) is 2.55. The van der Waals surface area contributed by atoms with Crippen molar-refractivity contribution in [3.05, 3.63) is 60.9 Å². The highest BCUT2D eigenvalue weighted by Crippen LogP contribution is 2.22. The second-order valence-corrected chi connectivity index (χ2v) is 5.51. The molecule has 0 bridgehead atoms. The lowest BCUT2D eigenvalue weighted by molar-refractivity contribution is -0.114. The van der Waals surface area contributed by atoms with Gasteiger partial charge in [0.25, 0.3) is 0 Å². The third-order valence-electron chi connectivity index (χ3n) is 3.70. The Morgan fingerprint density at radius 1 is 0.920 bits per heavy atom. The summed E-state index contributed by atoms with van der Waals surface area (Å²) in [5, 5.41) is 15.8. The molecular formula is C18H14N6O. The number of carbonyl (C=O) groups excluding carboxylic acids is 1. The first-order valence-electron chi connectivity index (χ1n) is 7.71. The molecule has 0 atom stereocenters. The highest BCUT2D eigenvalue weighted by molar-refractivity contribution is 5.88. The van der Waals surface area contributed by atoms with Gasteiger partial charge in [0.2, 0.25) is 5.91 Å². The topological polar surface area (TPSA) is 85.1 Å². The fourth-order valence-corrected chi connectivity index (χ4v) is 2.55. The number of rotatable bonds is 3. The highest BCUT2D eigenvalue weighted by atomic mass is 16.1. The minimum Gasteiger partial charge on any atom is -0.326 e. The van der Waals surface area contributed by atoms with Crippen LogP contribution in [0.2, 0.25) is 0 Å². The number of benzene rings is 1. The second kappa shape index (κ2) is 6.12. The smallest absolute Gasteiger partial charge is 0.221 e. The predicted molar refractivity (Wildman–Crippen MR) is 93.8 cm³/mol. The van der Waals surface area contributed by atoms with E-state index >= 15 is 0 Å². The summed E-state index contributed by atoms with van der Waals surface area (Å²) in [4.78, 5) is 15.1. The largest absolute Gasteiger partial charge is 0.326 e. The van der Waals surface area contributed by atoms with E-state index in [4.69, 9.17) is 0 Å². The number of pyridine rings is 1. The van der Waals surface area contributed by atoms with E-state index in [2.05, 4.69) is 25.6 Å². The van der Waals surface area contributed by atoms with Gasteiger partial charge in [-0.2, -0.15) is 9.61 Å². The summed E-state index contributed by atoms with van der Waals surface area (Å²) >= 11 is 0. The molecule has 7 heteroatoms. The summed E-state index contributed by atoms with van der Waals surface area (Å²) in [6, 6.07) is 15.0. The zero-order valence-electron chi connectivity index (χ0n) is 13.4. The summed E-state index contributed by atoms with van der Waals surface area (Å²) < 4.78 is 1.71. The van der Waals surface area contributed by atoms with Gasteiger partial charge in [0.15, 0.2) is 11.5 Å². The third-order valence-corrected chi connectivity index (χ3v) is 3.70. The van der Waals surface area contributed by atoms with E-state index in [9.17, 15) is 4.79 Å². The SMILES string of the molecule is CC(=O)Nc1ccc(-c2ccc3nnc(-c4ccncc4)n3n2)cc1. The van der Waals surface area contributed by atoms with Gasteiger partial charge >= 0.3 is 0 Å². The molecule has 0 aliphatic rings. The van der Waals surface area contributed by atoms with Crippen molar-refractivity contribution in [2.75, 3.05) is 5.32 Å². The number of amides is 1. The first-order chi connectivity index (χ1) is 12.2. The number of aromatic nitrogens is 5. The monoisotopic (exact) mass is 330 g/mol. The molecule has 0 unspecified atom stereocenters. The molecule has 0 aliphatic heterocycles. The maximum Gasteiger partial charge on any atom is 0.221 e. The van der Waals surface area contributed by atoms with Crippen molar-refractivity contribution in [1.82, 2.24) is 24.8 Å². The number of nitrogens with zero attached hydrogens (tertiary/aromatic N) is 5. The van der Waals surface area contributed by atoms with Gasteiger partial charge in [-0.1, -0.05) is 12.1 Å². The van der Waals surface area contributed by atoms with E-state index in [0.29, 0.717) is 11.5 Å². The second-order valence-electron chi connectivity index (χ2n) is 5.51. The lowest BCUT2D eigenvalue weighted by Crippen LogP contribution is -2.05. The maximum atomic E-state index is 11.1. The molecule has 1 aromatic carbocycles. The Kier molecular flexibility index (Phi) is 3.66. The van der Waals surface area contributed by atoms with E-state index in [0.717, 1.165) is 22.5 Å². The van der Waals surface area contributed by atoms with E-state index in [-0.39, 0.29) is 5.91 Å². The molecule has 0 saturated heterocycles. The van der Waals surface area contributed by atoms with Crippen LogP contribution in [0.5, 0.6) is 0 Å². The molecule has 0 saturated carbocycles. The van der Waals surface area contributed by atoms with Gasteiger partial charge in [0, 0.05) is 36.1 Å². The van der Waals surface area contributed by atoms with Crippen LogP contribution in [-0.2, 0) is 4.79 Å². The van der Waals surface area contributed by atoms with E-state index in [1.165, 1.54) is 6.92 Å². The van der Waals surface area contributed by atoms with E-state index < -0.39 is 0 Å². The lowest BCUT2D eigenvalue weighted by Gasteiger charge is -2.05. The zero-order valence-corrected chi connectivity index (χ0v) is 13.4. The van der Waals surface area contributed by atoms with Crippen LogP contribution in [0.3, 0.4) is 0 Å². The number of anilines is 1. The first kappa shape index (κ1) is 14.9. The van der Waals surface area contributed by atoms with Gasteiger partial charge in [0.05, 0.1) is 5.69 Å². The molecule has 25 heavy (non-hydrogen) atoms. The van der Waals surface area contributed by atoms with Gasteiger partial charge in [-0.05, 0) is 36.4 Å². The molecule has 7 nitrogen and oxygen atoms in total. The van der Waals surface area contributed by atoms with Crippen molar-refractivity contribution < 1.29 is 4.79 Å². The maximum absolute atomic E-state index is 11.1. The molecule has 4 rings (SSSR count). The summed E-state index contributed by atoms with van der Waals surface area (Å²) in [7, 11) is 0.